The van der Waals surface area contributed by atoms with Gasteiger partial charge in [0.2, 0.25) is 10.0 Å². The number of nitrogens with one attached hydrogen (secondary N) is 2. The lowest BCUT2D eigenvalue weighted by Crippen LogP contribution is -2.26. The van der Waals surface area contributed by atoms with Crippen molar-refractivity contribution in [1.82, 2.24) is 4.72 Å². The lowest BCUT2D eigenvalue weighted by molar-refractivity contribution is -0.142. The van der Waals surface area contributed by atoms with Crippen molar-refractivity contribution >= 4 is 21.7 Å². The van der Waals surface area contributed by atoms with E-state index < -0.39 is 16.0 Å². The number of sulfonamides is 1. The molecule has 0 amide bonds. The molecule has 0 aliphatic heterocycles. The maximum Gasteiger partial charge on any atom is 0.329 e. The number of carbonyl (C=O) groups is 1. The first kappa shape index (κ1) is 15.7. The Labute approximate surface area is 123 Å². The molecule has 2 rings (SSSR count). The van der Waals surface area contributed by atoms with E-state index in [-0.39, 0.29) is 24.2 Å². The molecule has 8 heteroatoms. The average Bonchev–Trinajstić information content (AvgIpc) is 3.21. The molecule has 7 nitrogen and oxygen atoms in total. The average molecular weight is 314 g/mol. The van der Waals surface area contributed by atoms with Crippen LogP contribution in [0.25, 0.3) is 0 Å². The number of anilines is 1. The van der Waals surface area contributed by atoms with Gasteiger partial charge in [-0.05, 0) is 25.0 Å². The van der Waals surface area contributed by atoms with Crippen LogP contribution in [0.15, 0.2) is 29.2 Å². The van der Waals surface area contributed by atoms with Crippen molar-refractivity contribution in [3.8, 4) is 0 Å². The molecule has 1 saturated carbocycles. The summed E-state index contributed by atoms with van der Waals surface area (Å²) in [6, 6.07) is 6.63. The van der Waals surface area contributed by atoms with Crippen molar-refractivity contribution in [2.45, 2.75) is 23.8 Å². The number of para-hydroxylation sites is 1. The lowest BCUT2D eigenvalue weighted by Gasteiger charge is -2.12. The highest BCUT2D eigenvalue weighted by atomic mass is 32.2. The third-order valence-corrected chi connectivity index (χ3v) is 4.44. The van der Waals surface area contributed by atoms with Crippen LogP contribution in [0.4, 0.5) is 5.69 Å². The van der Waals surface area contributed by atoms with E-state index in [4.69, 9.17) is 9.84 Å². The molecule has 0 atom stereocenters. The molecule has 0 bridgehead atoms. The fourth-order valence-electron chi connectivity index (χ4n) is 1.75. The standard InChI is InChI=1S/C13H18N2O5S/c16-13(17)9-20-8-7-14-11-3-1-2-4-12(11)21(18,19)15-10-5-6-10/h1-4,10,14-15H,5-9H2,(H,16,17). The van der Waals surface area contributed by atoms with Gasteiger partial charge in [0.05, 0.1) is 12.3 Å². The van der Waals surface area contributed by atoms with Gasteiger partial charge in [-0.3, -0.25) is 0 Å². The van der Waals surface area contributed by atoms with Gasteiger partial charge in [-0.25, -0.2) is 17.9 Å². The first-order chi connectivity index (χ1) is 9.99. The van der Waals surface area contributed by atoms with Gasteiger partial charge in [0.1, 0.15) is 11.5 Å². The minimum atomic E-state index is -3.53. The second-order valence-electron chi connectivity index (χ2n) is 4.76. The SMILES string of the molecule is O=C(O)COCCNc1ccccc1S(=O)(=O)NC1CC1. The lowest BCUT2D eigenvalue weighted by atomic mass is 10.3. The van der Waals surface area contributed by atoms with Gasteiger partial charge in [0.25, 0.3) is 0 Å². The van der Waals surface area contributed by atoms with Crippen molar-refractivity contribution in [2.75, 3.05) is 25.1 Å². The summed E-state index contributed by atoms with van der Waals surface area (Å²) in [4.78, 5) is 10.5. The monoisotopic (exact) mass is 314 g/mol. The van der Waals surface area contributed by atoms with E-state index in [1.54, 1.807) is 18.2 Å². The van der Waals surface area contributed by atoms with Crippen molar-refractivity contribution in [2.24, 2.45) is 0 Å². The van der Waals surface area contributed by atoms with E-state index in [1.807, 2.05) is 0 Å². The zero-order chi connectivity index (χ0) is 15.3. The number of hydrogen-bond acceptors (Lipinski definition) is 5. The molecule has 1 aliphatic carbocycles. The van der Waals surface area contributed by atoms with Gasteiger partial charge >= 0.3 is 5.97 Å². The van der Waals surface area contributed by atoms with Crippen molar-refractivity contribution in [3.05, 3.63) is 24.3 Å². The van der Waals surface area contributed by atoms with Gasteiger partial charge in [-0.2, -0.15) is 0 Å². The van der Waals surface area contributed by atoms with Crippen LogP contribution in [0.5, 0.6) is 0 Å². The van der Waals surface area contributed by atoms with Crippen LogP contribution < -0.4 is 10.0 Å². The summed E-state index contributed by atoms with van der Waals surface area (Å²) >= 11 is 0. The molecule has 1 aromatic carbocycles. The Bertz CT molecular complexity index is 598. The van der Waals surface area contributed by atoms with Crippen molar-refractivity contribution in [1.29, 1.82) is 0 Å². The number of ether oxygens (including phenoxy) is 1. The fourth-order valence-corrected chi connectivity index (χ4v) is 3.24. The minimum Gasteiger partial charge on any atom is -0.480 e. The van der Waals surface area contributed by atoms with E-state index in [2.05, 4.69) is 10.0 Å². The van der Waals surface area contributed by atoms with Gasteiger partial charge in [0.15, 0.2) is 0 Å². The summed E-state index contributed by atoms with van der Waals surface area (Å²) in [5.74, 6) is -1.04. The topological polar surface area (TPSA) is 105 Å². The van der Waals surface area contributed by atoms with E-state index in [0.717, 1.165) is 12.8 Å². The van der Waals surface area contributed by atoms with Crippen LogP contribution in [0, 0.1) is 0 Å². The third kappa shape index (κ3) is 5.00. The second kappa shape index (κ2) is 6.88. The normalized spacial score (nSPS) is 14.9. The first-order valence-electron chi connectivity index (χ1n) is 6.64. The molecular formula is C13H18N2O5S. The molecule has 0 saturated heterocycles. The Morgan fingerprint density at radius 1 is 1.33 bits per heavy atom. The molecular weight excluding hydrogens is 296 g/mol. The van der Waals surface area contributed by atoms with Gasteiger partial charge in [-0.15, -0.1) is 0 Å². The zero-order valence-corrected chi connectivity index (χ0v) is 12.2. The van der Waals surface area contributed by atoms with Crippen LogP contribution in [0.3, 0.4) is 0 Å². The van der Waals surface area contributed by atoms with Gasteiger partial charge < -0.3 is 15.2 Å². The predicted octanol–water partition coefficient (Wildman–Crippen LogP) is 0.640. The summed E-state index contributed by atoms with van der Waals surface area (Å²) in [5, 5.41) is 11.4. The highest BCUT2D eigenvalue weighted by molar-refractivity contribution is 7.89. The molecule has 1 aromatic rings. The summed E-state index contributed by atoms with van der Waals surface area (Å²) in [6.45, 7) is 0.130. The summed E-state index contributed by atoms with van der Waals surface area (Å²) in [7, 11) is -3.53. The van der Waals surface area contributed by atoms with Crippen molar-refractivity contribution < 1.29 is 23.1 Å². The van der Waals surface area contributed by atoms with Crippen LogP contribution in [-0.4, -0.2) is 45.3 Å². The minimum absolute atomic E-state index is 0.0435. The Hall–Kier alpha value is -1.64. The molecule has 0 aromatic heterocycles. The van der Waals surface area contributed by atoms with Gasteiger partial charge in [0, 0.05) is 12.6 Å². The fraction of sp³-hybridized carbons (Fsp3) is 0.462. The Balaban J connectivity index is 1.94. The maximum atomic E-state index is 12.2. The van der Waals surface area contributed by atoms with Crippen molar-refractivity contribution in [3.63, 3.8) is 0 Å². The summed E-state index contributed by atoms with van der Waals surface area (Å²) in [6.07, 6.45) is 1.75. The second-order valence-corrected chi connectivity index (χ2v) is 6.45. The maximum absolute atomic E-state index is 12.2. The van der Waals surface area contributed by atoms with E-state index in [1.165, 1.54) is 6.07 Å². The van der Waals surface area contributed by atoms with Crippen LogP contribution in [-0.2, 0) is 19.6 Å². The van der Waals surface area contributed by atoms with Gasteiger partial charge in [-0.1, -0.05) is 12.1 Å². The molecule has 116 valence electrons. The zero-order valence-electron chi connectivity index (χ0n) is 11.4. The van der Waals surface area contributed by atoms with Crippen LogP contribution in [0.2, 0.25) is 0 Å². The van der Waals surface area contributed by atoms with E-state index in [9.17, 15) is 13.2 Å². The molecule has 21 heavy (non-hydrogen) atoms. The Morgan fingerprint density at radius 2 is 2.05 bits per heavy atom. The summed E-state index contributed by atoms with van der Waals surface area (Å²) < 4.78 is 32.0. The number of aliphatic carboxylic acids is 1. The highest BCUT2D eigenvalue weighted by Gasteiger charge is 2.29. The third-order valence-electron chi connectivity index (χ3n) is 2.86. The Morgan fingerprint density at radius 3 is 2.71 bits per heavy atom. The smallest absolute Gasteiger partial charge is 0.329 e. The highest BCUT2D eigenvalue weighted by Crippen LogP contribution is 2.25. The summed E-state index contributed by atoms with van der Waals surface area (Å²) in [5.41, 5.74) is 0.476. The number of carboxylic acids is 1. The number of hydrogen-bond donors (Lipinski definition) is 3. The number of rotatable bonds is 9. The van der Waals surface area contributed by atoms with E-state index in [0.29, 0.717) is 12.2 Å². The quantitative estimate of drug-likeness (QED) is 0.578. The molecule has 0 heterocycles. The van der Waals surface area contributed by atoms with Crippen LogP contribution in [0.1, 0.15) is 12.8 Å². The largest absolute Gasteiger partial charge is 0.480 e. The molecule has 1 aliphatic rings. The molecule has 0 unspecified atom stereocenters. The first-order valence-corrected chi connectivity index (χ1v) is 8.12. The number of benzene rings is 1. The Kier molecular flexibility index (Phi) is 5.16. The molecule has 1 fully saturated rings. The van der Waals surface area contributed by atoms with E-state index >= 15 is 0 Å². The molecule has 0 spiro atoms. The predicted molar refractivity (Wildman–Crippen MR) is 76.7 cm³/mol. The molecule has 3 N–H and O–H groups in total. The molecule has 0 radical (unpaired) electrons. The van der Waals surface area contributed by atoms with Crippen LogP contribution >= 0.6 is 0 Å². The number of carboxylic acid groups (broad SMARTS) is 1.